The summed E-state index contributed by atoms with van der Waals surface area (Å²) in [6, 6.07) is 13.2. The molecule has 8 heteroatoms. The smallest absolute Gasteiger partial charge is 0.162 e. The van der Waals surface area contributed by atoms with Crippen molar-refractivity contribution in [3.05, 3.63) is 63.9 Å². The maximum absolute atomic E-state index is 5.95. The molecule has 0 aliphatic carbocycles. The Morgan fingerprint density at radius 3 is 2.67 bits per heavy atom. The first kappa shape index (κ1) is 16.4. The first-order valence-corrected chi connectivity index (χ1v) is 7.96. The molecule has 1 heterocycles. The average molecular weight is 361 g/mol. The van der Waals surface area contributed by atoms with Gasteiger partial charge in [-0.1, -0.05) is 40.9 Å². The monoisotopic (exact) mass is 360 g/mol. The van der Waals surface area contributed by atoms with Crippen molar-refractivity contribution in [3.63, 3.8) is 0 Å². The van der Waals surface area contributed by atoms with Crippen LogP contribution in [0.2, 0.25) is 10.0 Å². The van der Waals surface area contributed by atoms with Crippen LogP contribution in [0.1, 0.15) is 11.4 Å². The van der Waals surface area contributed by atoms with E-state index in [1.807, 2.05) is 31.2 Å². The van der Waals surface area contributed by atoms with Crippen LogP contribution in [0.25, 0.3) is 5.69 Å². The number of rotatable bonds is 5. The van der Waals surface area contributed by atoms with Gasteiger partial charge in [-0.05, 0) is 47.7 Å². The zero-order chi connectivity index (χ0) is 16.9. The standard InChI is InChI=1S/C16H14Cl2N6/c1-11-2-5-13(6-3-11)24-16(21-22-23-24)8-9-19-20-12-4-7-14(17)15(18)10-12/h2-7,9-10,20H,8H2,1H3/b19-9-. The summed E-state index contributed by atoms with van der Waals surface area (Å²) >= 11 is 11.8. The van der Waals surface area contributed by atoms with Gasteiger partial charge in [0.25, 0.3) is 0 Å². The lowest BCUT2D eigenvalue weighted by Gasteiger charge is -2.03. The molecule has 3 rings (SSSR count). The Morgan fingerprint density at radius 1 is 1.12 bits per heavy atom. The molecule has 1 N–H and O–H groups in total. The SMILES string of the molecule is Cc1ccc(-n2nnnc2C/C=N\Nc2ccc(Cl)c(Cl)c2)cc1. The number of nitrogens with one attached hydrogen (secondary N) is 1. The molecule has 0 atom stereocenters. The van der Waals surface area contributed by atoms with Gasteiger partial charge in [0.15, 0.2) is 5.82 Å². The van der Waals surface area contributed by atoms with Crippen LogP contribution in [0, 0.1) is 6.92 Å². The van der Waals surface area contributed by atoms with Crippen molar-refractivity contribution in [3.8, 4) is 5.69 Å². The van der Waals surface area contributed by atoms with E-state index >= 15 is 0 Å². The highest BCUT2D eigenvalue weighted by molar-refractivity contribution is 6.42. The van der Waals surface area contributed by atoms with E-state index in [-0.39, 0.29) is 0 Å². The summed E-state index contributed by atoms with van der Waals surface area (Å²) in [6.45, 7) is 2.03. The van der Waals surface area contributed by atoms with Gasteiger partial charge in [-0.3, -0.25) is 5.43 Å². The number of halogens is 2. The quantitative estimate of drug-likeness (QED) is 0.553. The third-order valence-corrected chi connectivity index (χ3v) is 4.03. The number of anilines is 1. The number of hydrogen-bond acceptors (Lipinski definition) is 5. The van der Waals surface area contributed by atoms with Crippen molar-refractivity contribution in [2.45, 2.75) is 13.3 Å². The summed E-state index contributed by atoms with van der Waals surface area (Å²) < 4.78 is 1.69. The highest BCUT2D eigenvalue weighted by Crippen LogP contribution is 2.24. The molecule has 2 aromatic carbocycles. The van der Waals surface area contributed by atoms with Crippen LogP contribution in [0.4, 0.5) is 5.69 Å². The molecule has 24 heavy (non-hydrogen) atoms. The molecular formula is C16H14Cl2N6. The van der Waals surface area contributed by atoms with Gasteiger partial charge in [0.05, 0.1) is 21.4 Å². The van der Waals surface area contributed by atoms with E-state index in [9.17, 15) is 0 Å². The van der Waals surface area contributed by atoms with Crippen LogP contribution in [0.5, 0.6) is 0 Å². The van der Waals surface area contributed by atoms with Gasteiger partial charge in [-0.2, -0.15) is 9.78 Å². The van der Waals surface area contributed by atoms with Crippen molar-refractivity contribution in [1.29, 1.82) is 0 Å². The molecule has 6 nitrogen and oxygen atoms in total. The molecule has 0 aliphatic heterocycles. The lowest BCUT2D eigenvalue weighted by Crippen LogP contribution is -2.04. The lowest BCUT2D eigenvalue weighted by atomic mass is 10.2. The molecule has 0 spiro atoms. The molecule has 0 fully saturated rings. The first-order valence-electron chi connectivity index (χ1n) is 7.20. The summed E-state index contributed by atoms with van der Waals surface area (Å²) in [4.78, 5) is 0. The second-order valence-corrected chi connectivity index (χ2v) is 5.91. The molecule has 0 unspecified atom stereocenters. The summed E-state index contributed by atoms with van der Waals surface area (Å²) in [5.74, 6) is 0.693. The van der Waals surface area contributed by atoms with E-state index in [1.165, 1.54) is 5.56 Å². The number of benzene rings is 2. The van der Waals surface area contributed by atoms with Gasteiger partial charge < -0.3 is 0 Å². The van der Waals surface area contributed by atoms with E-state index in [4.69, 9.17) is 23.2 Å². The van der Waals surface area contributed by atoms with E-state index < -0.39 is 0 Å². The maximum atomic E-state index is 5.95. The highest BCUT2D eigenvalue weighted by Gasteiger charge is 2.06. The predicted octanol–water partition coefficient (Wildman–Crippen LogP) is 3.92. The molecule has 1 aromatic heterocycles. The second kappa shape index (κ2) is 7.42. The van der Waals surface area contributed by atoms with Crippen molar-refractivity contribution >= 4 is 35.1 Å². The van der Waals surface area contributed by atoms with E-state index in [0.717, 1.165) is 11.4 Å². The van der Waals surface area contributed by atoms with Crippen molar-refractivity contribution in [2.75, 3.05) is 5.43 Å². The maximum Gasteiger partial charge on any atom is 0.162 e. The summed E-state index contributed by atoms with van der Waals surface area (Å²) in [7, 11) is 0. The number of aromatic nitrogens is 4. The average Bonchev–Trinajstić information content (AvgIpc) is 3.04. The normalized spacial score (nSPS) is 11.1. The van der Waals surface area contributed by atoms with Crippen LogP contribution in [-0.2, 0) is 6.42 Å². The summed E-state index contributed by atoms with van der Waals surface area (Å²) in [5.41, 5.74) is 5.73. The van der Waals surface area contributed by atoms with Crippen molar-refractivity contribution < 1.29 is 0 Å². The lowest BCUT2D eigenvalue weighted by molar-refractivity contribution is 0.775. The van der Waals surface area contributed by atoms with Crippen molar-refractivity contribution in [1.82, 2.24) is 20.2 Å². The molecule has 3 aromatic rings. The molecule has 0 aliphatic rings. The molecule has 0 radical (unpaired) electrons. The Balaban J connectivity index is 1.66. The largest absolute Gasteiger partial charge is 0.279 e. The van der Waals surface area contributed by atoms with Gasteiger partial charge in [0, 0.05) is 12.6 Å². The van der Waals surface area contributed by atoms with E-state index in [1.54, 1.807) is 29.1 Å². The zero-order valence-electron chi connectivity index (χ0n) is 12.8. The van der Waals surface area contributed by atoms with Gasteiger partial charge in [0.2, 0.25) is 0 Å². The minimum atomic E-state index is 0.472. The van der Waals surface area contributed by atoms with Crippen LogP contribution < -0.4 is 5.43 Å². The number of hydrazone groups is 1. The Kier molecular flexibility index (Phi) is 5.08. The zero-order valence-corrected chi connectivity index (χ0v) is 14.3. The third-order valence-electron chi connectivity index (χ3n) is 3.29. The Labute approximate surface area is 149 Å². The third kappa shape index (κ3) is 3.90. The number of tetrazole rings is 1. The Hall–Kier alpha value is -2.44. The number of aryl methyl sites for hydroxylation is 1. The van der Waals surface area contributed by atoms with Gasteiger partial charge in [-0.25, -0.2) is 0 Å². The Bertz CT molecular complexity index is 857. The number of hydrogen-bond donors (Lipinski definition) is 1. The fraction of sp³-hybridized carbons (Fsp3) is 0.125. The minimum Gasteiger partial charge on any atom is -0.279 e. The molecule has 122 valence electrons. The second-order valence-electron chi connectivity index (χ2n) is 5.10. The van der Waals surface area contributed by atoms with Crippen LogP contribution >= 0.6 is 23.2 Å². The molecule has 0 amide bonds. The van der Waals surface area contributed by atoms with Gasteiger partial charge in [-0.15, -0.1) is 5.10 Å². The molecule has 0 bridgehead atoms. The molecule has 0 saturated heterocycles. The fourth-order valence-corrected chi connectivity index (χ4v) is 2.33. The topological polar surface area (TPSA) is 68.0 Å². The summed E-state index contributed by atoms with van der Waals surface area (Å²) in [5, 5.41) is 16.9. The first-order chi connectivity index (χ1) is 11.6. The molecule has 0 saturated carbocycles. The summed E-state index contributed by atoms with van der Waals surface area (Å²) in [6.07, 6.45) is 2.17. The van der Waals surface area contributed by atoms with Crippen LogP contribution in [0.3, 0.4) is 0 Å². The molecular weight excluding hydrogens is 347 g/mol. The van der Waals surface area contributed by atoms with Crippen LogP contribution in [0.15, 0.2) is 47.6 Å². The van der Waals surface area contributed by atoms with Crippen molar-refractivity contribution in [2.24, 2.45) is 5.10 Å². The fourth-order valence-electron chi connectivity index (χ4n) is 2.03. The van der Waals surface area contributed by atoms with E-state index in [0.29, 0.717) is 22.3 Å². The number of nitrogens with zero attached hydrogens (tertiary/aromatic N) is 5. The van der Waals surface area contributed by atoms with E-state index in [2.05, 4.69) is 26.1 Å². The highest BCUT2D eigenvalue weighted by atomic mass is 35.5. The van der Waals surface area contributed by atoms with Gasteiger partial charge in [0.1, 0.15) is 0 Å². The Morgan fingerprint density at radius 2 is 1.92 bits per heavy atom. The van der Waals surface area contributed by atoms with Crippen LogP contribution in [-0.4, -0.2) is 26.4 Å². The minimum absolute atomic E-state index is 0.472. The van der Waals surface area contributed by atoms with Gasteiger partial charge >= 0.3 is 0 Å². The predicted molar refractivity (Wildman–Crippen MR) is 96.2 cm³/mol.